The standard InChI is InChI=1S/C13H12BNOS/c14-16-12-7-3-1-5-10(12)9-15-11-6-2-4-8-13(11)17/h1-9,17H,14H2/b15-9+. The highest BCUT2D eigenvalue weighted by atomic mass is 32.1. The van der Waals surface area contributed by atoms with Crippen molar-refractivity contribution < 1.29 is 4.65 Å². The van der Waals surface area contributed by atoms with Crippen LogP contribution in [0, 0.1) is 0 Å². The zero-order valence-corrected chi connectivity index (χ0v) is 10.4. The molecule has 0 saturated carbocycles. The van der Waals surface area contributed by atoms with Gasteiger partial charge in [0, 0.05) is 16.7 Å². The van der Waals surface area contributed by atoms with Gasteiger partial charge < -0.3 is 4.65 Å². The van der Waals surface area contributed by atoms with Crippen molar-refractivity contribution >= 4 is 32.6 Å². The van der Waals surface area contributed by atoms with Crippen LogP contribution >= 0.6 is 12.6 Å². The maximum Gasteiger partial charge on any atom is 0.322 e. The highest BCUT2D eigenvalue weighted by molar-refractivity contribution is 7.80. The maximum atomic E-state index is 5.25. The Balaban J connectivity index is 2.29. The second-order valence-corrected chi connectivity index (χ2v) is 3.97. The molecule has 0 N–H and O–H groups in total. The molecule has 2 nitrogen and oxygen atoms in total. The topological polar surface area (TPSA) is 21.6 Å². The van der Waals surface area contributed by atoms with E-state index in [2.05, 4.69) is 17.6 Å². The van der Waals surface area contributed by atoms with Crippen LogP contribution in [0.2, 0.25) is 0 Å². The predicted molar refractivity (Wildman–Crippen MR) is 76.6 cm³/mol. The Bertz CT molecular complexity index is 542. The number of thiol groups is 1. The number of hydrogen-bond acceptors (Lipinski definition) is 3. The van der Waals surface area contributed by atoms with Crippen LogP contribution in [0.15, 0.2) is 58.4 Å². The lowest BCUT2D eigenvalue weighted by Crippen LogP contribution is -1.91. The van der Waals surface area contributed by atoms with Crippen LogP contribution < -0.4 is 4.65 Å². The molecule has 0 aromatic heterocycles. The van der Waals surface area contributed by atoms with Crippen molar-refractivity contribution in [3.63, 3.8) is 0 Å². The lowest BCUT2D eigenvalue weighted by atomic mass is 10.2. The number of para-hydroxylation sites is 2. The SMILES string of the molecule is BOc1ccccc1/C=N/c1ccccc1S. The van der Waals surface area contributed by atoms with Gasteiger partial charge in [-0.05, 0) is 24.3 Å². The first-order chi connectivity index (χ1) is 8.31. The summed E-state index contributed by atoms with van der Waals surface area (Å²) in [5, 5.41) is 0. The number of benzene rings is 2. The minimum Gasteiger partial charge on any atom is -0.567 e. The molecule has 0 spiro atoms. The Labute approximate surface area is 107 Å². The summed E-state index contributed by atoms with van der Waals surface area (Å²) in [4.78, 5) is 5.26. The third kappa shape index (κ3) is 2.91. The molecular weight excluding hydrogens is 229 g/mol. The number of rotatable bonds is 3. The molecule has 0 saturated heterocycles. The molecule has 2 rings (SSSR count). The molecule has 0 fully saturated rings. The van der Waals surface area contributed by atoms with Gasteiger partial charge >= 0.3 is 8.05 Å². The molecule has 0 radical (unpaired) electrons. The van der Waals surface area contributed by atoms with Crippen LogP contribution in [0.25, 0.3) is 0 Å². The molecular formula is C13H12BNOS. The van der Waals surface area contributed by atoms with Crippen LogP contribution in [-0.4, -0.2) is 14.3 Å². The van der Waals surface area contributed by atoms with E-state index in [0.29, 0.717) is 0 Å². The van der Waals surface area contributed by atoms with Gasteiger partial charge in [0.2, 0.25) is 0 Å². The zero-order chi connectivity index (χ0) is 12.1. The van der Waals surface area contributed by atoms with Gasteiger partial charge in [0.25, 0.3) is 0 Å². The highest BCUT2D eigenvalue weighted by Crippen LogP contribution is 2.23. The van der Waals surface area contributed by atoms with Crippen LogP contribution in [0.4, 0.5) is 5.69 Å². The van der Waals surface area contributed by atoms with Gasteiger partial charge in [0.1, 0.15) is 5.75 Å². The summed E-state index contributed by atoms with van der Waals surface area (Å²) in [6.45, 7) is 0. The molecule has 0 atom stereocenters. The highest BCUT2D eigenvalue weighted by Gasteiger charge is 1.98. The molecule has 2 aromatic carbocycles. The first-order valence-corrected chi connectivity index (χ1v) is 5.71. The smallest absolute Gasteiger partial charge is 0.322 e. The van der Waals surface area contributed by atoms with E-state index in [1.165, 1.54) is 0 Å². The minimum absolute atomic E-state index is 0.813. The first kappa shape index (κ1) is 11.8. The lowest BCUT2D eigenvalue weighted by Gasteiger charge is -2.04. The van der Waals surface area contributed by atoms with Crippen LogP contribution in [0.3, 0.4) is 0 Å². The summed E-state index contributed by atoms with van der Waals surface area (Å²) < 4.78 is 5.25. The van der Waals surface area contributed by atoms with E-state index in [9.17, 15) is 0 Å². The van der Waals surface area contributed by atoms with E-state index in [-0.39, 0.29) is 0 Å². The van der Waals surface area contributed by atoms with E-state index >= 15 is 0 Å². The fourth-order valence-electron chi connectivity index (χ4n) is 1.49. The van der Waals surface area contributed by atoms with E-state index in [1.54, 1.807) is 14.3 Å². The average Bonchev–Trinajstić information content (AvgIpc) is 2.38. The Hall–Kier alpha value is -1.68. The zero-order valence-electron chi connectivity index (χ0n) is 9.50. The molecule has 4 heteroatoms. The second kappa shape index (κ2) is 5.59. The van der Waals surface area contributed by atoms with E-state index < -0.39 is 0 Å². The van der Waals surface area contributed by atoms with E-state index in [0.717, 1.165) is 21.9 Å². The Kier molecular flexibility index (Phi) is 3.88. The molecule has 0 unspecified atom stereocenters. The van der Waals surface area contributed by atoms with Crippen molar-refractivity contribution in [2.24, 2.45) is 4.99 Å². The van der Waals surface area contributed by atoms with E-state index in [1.807, 2.05) is 48.5 Å². The molecule has 2 aromatic rings. The Morgan fingerprint density at radius 2 is 1.76 bits per heavy atom. The molecule has 0 heterocycles. The molecule has 0 aliphatic carbocycles. The molecule has 0 aliphatic heterocycles. The molecule has 0 bridgehead atoms. The molecule has 0 amide bonds. The fourth-order valence-corrected chi connectivity index (χ4v) is 1.70. The van der Waals surface area contributed by atoms with Crippen molar-refractivity contribution in [2.75, 3.05) is 0 Å². The first-order valence-electron chi connectivity index (χ1n) is 5.26. The number of aliphatic imine (C=N–C) groups is 1. The fraction of sp³-hybridized carbons (Fsp3) is 0. The van der Waals surface area contributed by atoms with E-state index in [4.69, 9.17) is 4.65 Å². The van der Waals surface area contributed by atoms with Gasteiger partial charge in [0.05, 0.1) is 5.69 Å². The third-order valence-corrected chi connectivity index (χ3v) is 2.74. The lowest BCUT2D eigenvalue weighted by molar-refractivity contribution is 0.615. The molecule has 84 valence electrons. The van der Waals surface area contributed by atoms with Crippen molar-refractivity contribution in [3.8, 4) is 5.75 Å². The number of nitrogens with zero attached hydrogens (tertiary/aromatic N) is 1. The Morgan fingerprint density at radius 1 is 1.06 bits per heavy atom. The van der Waals surface area contributed by atoms with Crippen molar-refractivity contribution in [1.82, 2.24) is 0 Å². The summed E-state index contributed by atoms with van der Waals surface area (Å²) in [7, 11) is 1.65. The van der Waals surface area contributed by atoms with Gasteiger partial charge in [-0.1, -0.05) is 24.3 Å². The van der Waals surface area contributed by atoms with Crippen molar-refractivity contribution in [3.05, 3.63) is 54.1 Å². The summed E-state index contributed by atoms with van der Waals surface area (Å²) in [5.74, 6) is 0.813. The summed E-state index contributed by atoms with van der Waals surface area (Å²) in [5.41, 5.74) is 1.80. The monoisotopic (exact) mass is 241 g/mol. The quantitative estimate of drug-likeness (QED) is 0.498. The number of hydrogen-bond donors (Lipinski definition) is 1. The van der Waals surface area contributed by atoms with Crippen LogP contribution in [-0.2, 0) is 0 Å². The van der Waals surface area contributed by atoms with Crippen molar-refractivity contribution in [2.45, 2.75) is 4.90 Å². The van der Waals surface area contributed by atoms with Gasteiger partial charge in [-0.2, -0.15) is 0 Å². The molecule has 17 heavy (non-hydrogen) atoms. The Morgan fingerprint density at radius 3 is 2.53 bits per heavy atom. The van der Waals surface area contributed by atoms with Gasteiger partial charge in [-0.3, -0.25) is 4.99 Å². The third-order valence-electron chi connectivity index (χ3n) is 2.36. The minimum atomic E-state index is 0.813. The normalized spacial score (nSPS) is 10.6. The van der Waals surface area contributed by atoms with Gasteiger partial charge in [-0.15, -0.1) is 12.6 Å². The molecule has 0 aliphatic rings. The van der Waals surface area contributed by atoms with Crippen LogP contribution in [0.5, 0.6) is 5.75 Å². The largest absolute Gasteiger partial charge is 0.567 e. The van der Waals surface area contributed by atoms with Crippen molar-refractivity contribution in [1.29, 1.82) is 0 Å². The summed E-state index contributed by atoms with van der Waals surface area (Å²) in [6, 6.07) is 15.5. The van der Waals surface area contributed by atoms with Gasteiger partial charge in [-0.25, -0.2) is 0 Å². The summed E-state index contributed by atoms with van der Waals surface area (Å²) in [6.07, 6.45) is 1.79. The van der Waals surface area contributed by atoms with Crippen LogP contribution in [0.1, 0.15) is 5.56 Å². The summed E-state index contributed by atoms with van der Waals surface area (Å²) >= 11 is 4.35. The average molecular weight is 241 g/mol. The maximum absolute atomic E-state index is 5.25. The predicted octanol–water partition coefficient (Wildman–Crippen LogP) is 2.65. The van der Waals surface area contributed by atoms with Gasteiger partial charge in [0.15, 0.2) is 0 Å². The second-order valence-electron chi connectivity index (χ2n) is 3.49.